The molecule has 2 aliphatic rings. The van der Waals surface area contributed by atoms with Gasteiger partial charge in [0.15, 0.2) is 13.2 Å². The molecule has 0 bridgehead atoms. The van der Waals surface area contributed by atoms with E-state index in [0.29, 0.717) is 34.8 Å². The summed E-state index contributed by atoms with van der Waals surface area (Å²) in [6.07, 6.45) is 5.94. The summed E-state index contributed by atoms with van der Waals surface area (Å²) in [5.41, 5.74) is 0.546. The van der Waals surface area contributed by atoms with Gasteiger partial charge in [0, 0.05) is 5.92 Å². The fourth-order valence-electron chi connectivity index (χ4n) is 3.18. The Kier molecular flexibility index (Phi) is 4.06. The lowest BCUT2D eigenvalue weighted by Gasteiger charge is -2.20. The van der Waals surface area contributed by atoms with Crippen molar-refractivity contribution in [1.29, 1.82) is 0 Å². The largest absolute Gasteiger partial charge is 0.483 e. The molecule has 1 aliphatic carbocycles. The molecule has 2 heterocycles. The second-order valence-corrected chi connectivity index (χ2v) is 6.14. The van der Waals surface area contributed by atoms with Gasteiger partial charge in [-0.3, -0.25) is 4.79 Å². The second kappa shape index (κ2) is 6.51. The van der Waals surface area contributed by atoms with Crippen LogP contribution in [0.25, 0.3) is 0 Å². The van der Waals surface area contributed by atoms with Crippen molar-refractivity contribution < 1.29 is 18.8 Å². The van der Waals surface area contributed by atoms with E-state index in [1.54, 1.807) is 12.1 Å². The van der Waals surface area contributed by atoms with Crippen molar-refractivity contribution in [1.82, 2.24) is 10.1 Å². The number of aromatic nitrogens is 2. The van der Waals surface area contributed by atoms with Crippen LogP contribution in [0.2, 0.25) is 0 Å². The van der Waals surface area contributed by atoms with E-state index in [-0.39, 0.29) is 19.1 Å². The number of carbonyl (C=O) groups is 1. The molecule has 0 saturated heterocycles. The van der Waals surface area contributed by atoms with Crippen LogP contribution >= 0.6 is 0 Å². The van der Waals surface area contributed by atoms with Gasteiger partial charge < -0.3 is 19.3 Å². The molecule has 1 aromatic carbocycles. The highest BCUT2D eigenvalue weighted by Gasteiger charge is 2.23. The second-order valence-electron chi connectivity index (χ2n) is 6.14. The maximum Gasteiger partial charge on any atom is 0.262 e. The van der Waals surface area contributed by atoms with Gasteiger partial charge in [-0.25, -0.2) is 0 Å². The molecule has 1 fully saturated rings. The number of anilines is 1. The van der Waals surface area contributed by atoms with E-state index in [4.69, 9.17) is 14.0 Å². The van der Waals surface area contributed by atoms with Crippen LogP contribution in [0.3, 0.4) is 0 Å². The molecule has 126 valence electrons. The number of amides is 1. The van der Waals surface area contributed by atoms with Crippen molar-refractivity contribution in [2.75, 3.05) is 11.9 Å². The van der Waals surface area contributed by atoms with Gasteiger partial charge in [0.05, 0.1) is 0 Å². The summed E-state index contributed by atoms with van der Waals surface area (Å²) >= 11 is 0. The van der Waals surface area contributed by atoms with E-state index in [2.05, 4.69) is 15.5 Å². The minimum atomic E-state index is -0.197. The van der Waals surface area contributed by atoms with Crippen LogP contribution in [-0.4, -0.2) is 22.7 Å². The Labute approximate surface area is 139 Å². The third-order valence-corrected chi connectivity index (χ3v) is 4.41. The summed E-state index contributed by atoms with van der Waals surface area (Å²) in [4.78, 5) is 16.0. The van der Waals surface area contributed by atoms with Crippen LogP contribution in [0.15, 0.2) is 22.7 Å². The van der Waals surface area contributed by atoms with Gasteiger partial charge in [0.25, 0.3) is 5.91 Å². The van der Waals surface area contributed by atoms with E-state index in [9.17, 15) is 4.79 Å². The van der Waals surface area contributed by atoms with Crippen LogP contribution in [-0.2, 0) is 11.4 Å². The third-order valence-electron chi connectivity index (χ3n) is 4.41. The molecule has 1 saturated carbocycles. The van der Waals surface area contributed by atoms with E-state index in [0.717, 1.165) is 12.8 Å². The molecule has 0 atom stereocenters. The van der Waals surface area contributed by atoms with Gasteiger partial charge >= 0.3 is 0 Å². The molecular formula is C17H19N3O4. The summed E-state index contributed by atoms with van der Waals surface area (Å²) < 4.78 is 16.5. The molecule has 0 spiro atoms. The topological polar surface area (TPSA) is 86.5 Å². The van der Waals surface area contributed by atoms with E-state index >= 15 is 0 Å². The maximum atomic E-state index is 11.5. The van der Waals surface area contributed by atoms with Crippen LogP contribution in [0.5, 0.6) is 11.5 Å². The van der Waals surface area contributed by atoms with E-state index in [1.807, 2.05) is 6.07 Å². The van der Waals surface area contributed by atoms with Gasteiger partial charge in [-0.05, 0) is 25.0 Å². The molecular weight excluding hydrogens is 310 g/mol. The highest BCUT2D eigenvalue weighted by atomic mass is 16.5. The summed E-state index contributed by atoms with van der Waals surface area (Å²) in [5.74, 6) is 2.53. The lowest BCUT2D eigenvalue weighted by atomic mass is 9.89. The Morgan fingerprint density at radius 3 is 3.00 bits per heavy atom. The number of carbonyl (C=O) groups excluding carboxylic acids is 1. The number of fused-ring (bicyclic) bond motifs is 1. The molecule has 4 rings (SSSR count). The Morgan fingerprint density at radius 1 is 1.25 bits per heavy atom. The summed E-state index contributed by atoms with van der Waals surface area (Å²) in [5, 5.41) is 6.77. The highest BCUT2D eigenvalue weighted by Crippen LogP contribution is 2.37. The zero-order valence-corrected chi connectivity index (χ0v) is 13.3. The first-order valence-corrected chi connectivity index (χ1v) is 8.30. The van der Waals surface area contributed by atoms with Crippen molar-refractivity contribution in [2.45, 2.75) is 44.6 Å². The van der Waals surface area contributed by atoms with Crippen LogP contribution in [0, 0.1) is 0 Å². The summed E-state index contributed by atoms with van der Waals surface area (Å²) in [6, 6.07) is 5.38. The lowest BCUT2D eigenvalue weighted by molar-refractivity contribution is -0.118. The average Bonchev–Trinajstić information content (AvgIpc) is 3.10. The summed E-state index contributed by atoms with van der Waals surface area (Å²) in [7, 11) is 0. The first-order chi connectivity index (χ1) is 11.8. The predicted octanol–water partition coefficient (Wildman–Crippen LogP) is 3.03. The van der Waals surface area contributed by atoms with Gasteiger partial charge in [-0.15, -0.1) is 0 Å². The number of hydrogen-bond acceptors (Lipinski definition) is 6. The van der Waals surface area contributed by atoms with E-state index < -0.39 is 0 Å². The normalized spacial score (nSPS) is 17.8. The highest BCUT2D eigenvalue weighted by molar-refractivity contribution is 5.97. The van der Waals surface area contributed by atoms with Gasteiger partial charge in [0.2, 0.25) is 11.7 Å². The van der Waals surface area contributed by atoms with E-state index in [1.165, 1.54) is 19.3 Å². The fourth-order valence-corrected chi connectivity index (χ4v) is 3.18. The predicted molar refractivity (Wildman–Crippen MR) is 85.0 cm³/mol. The quantitative estimate of drug-likeness (QED) is 0.928. The number of hydrogen-bond donors (Lipinski definition) is 1. The Balaban J connectivity index is 1.44. The smallest absolute Gasteiger partial charge is 0.262 e. The summed E-state index contributed by atoms with van der Waals surface area (Å²) in [6.45, 7) is 0.203. The van der Waals surface area contributed by atoms with Gasteiger partial charge in [-0.1, -0.05) is 30.5 Å². The number of para-hydroxylation sites is 1. The molecule has 1 aromatic heterocycles. The molecule has 0 unspecified atom stereocenters. The molecule has 7 heteroatoms. The van der Waals surface area contributed by atoms with Crippen molar-refractivity contribution in [3.05, 3.63) is 29.9 Å². The first-order valence-electron chi connectivity index (χ1n) is 8.30. The van der Waals surface area contributed by atoms with Crippen molar-refractivity contribution in [3.8, 4) is 11.5 Å². The molecule has 7 nitrogen and oxygen atoms in total. The van der Waals surface area contributed by atoms with Gasteiger partial charge in [0.1, 0.15) is 17.2 Å². The molecule has 0 radical (unpaired) electrons. The zero-order valence-electron chi connectivity index (χ0n) is 13.3. The van der Waals surface area contributed by atoms with Gasteiger partial charge in [-0.2, -0.15) is 4.98 Å². The Bertz CT molecular complexity index is 737. The number of rotatable bonds is 4. The standard InChI is InChI=1S/C17H19N3O4/c21-15-10-23-13-8-4-7-12(16(13)19-15)22-9-14-18-17(24-20-14)11-5-2-1-3-6-11/h4,7-8,11H,1-3,5-6,9-10H2,(H,19,21). The minimum absolute atomic E-state index is 0.0199. The number of nitrogens with one attached hydrogen (secondary N) is 1. The molecule has 1 N–H and O–H groups in total. The fraction of sp³-hybridized carbons (Fsp3) is 0.471. The molecule has 1 amide bonds. The van der Waals surface area contributed by atoms with Crippen LogP contribution in [0.4, 0.5) is 5.69 Å². The number of benzene rings is 1. The molecule has 2 aromatic rings. The monoisotopic (exact) mass is 329 g/mol. The first kappa shape index (κ1) is 15.0. The number of ether oxygens (including phenoxy) is 2. The Morgan fingerprint density at radius 2 is 2.12 bits per heavy atom. The van der Waals surface area contributed by atoms with Crippen molar-refractivity contribution in [2.24, 2.45) is 0 Å². The third kappa shape index (κ3) is 3.06. The van der Waals surface area contributed by atoms with Crippen molar-refractivity contribution >= 4 is 11.6 Å². The lowest BCUT2D eigenvalue weighted by Crippen LogP contribution is -2.25. The van der Waals surface area contributed by atoms with Crippen molar-refractivity contribution in [3.63, 3.8) is 0 Å². The number of nitrogens with zero attached hydrogens (tertiary/aromatic N) is 2. The molecule has 1 aliphatic heterocycles. The minimum Gasteiger partial charge on any atom is -0.483 e. The van der Waals surface area contributed by atoms with Crippen LogP contribution < -0.4 is 14.8 Å². The Hall–Kier alpha value is -2.57. The van der Waals surface area contributed by atoms with Crippen LogP contribution in [0.1, 0.15) is 49.7 Å². The average molecular weight is 329 g/mol. The molecule has 24 heavy (non-hydrogen) atoms. The maximum absolute atomic E-state index is 11.5. The zero-order chi connectivity index (χ0) is 16.4. The SMILES string of the molecule is O=C1COc2cccc(OCc3noc(C4CCCCC4)n3)c2N1.